The Bertz CT molecular complexity index is 603. The Morgan fingerprint density at radius 1 is 1.09 bits per heavy atom. The van der Waals surface area contributed by atoms with Crippen molar-refractivity contribution in [3.05, 3.63) is 36.5 Å². The molecule has 7 heteroatoms. The number of amides is 2. The first-order valence-electron chi connectivity index (χ1n) is 7.23. The van der Waals surface area contributed by atoms with Crippen LogP contribution in [0, 0.1) is 0 Å². The molecule has 2 aromatic rings. The summed E-state index contributed by atoms with van der Waals surface area (Å²) in [5.41, 5.74) is 1.91. The van der Waals surface area contributed by atoms with Crippen LogP contribution in [0.3, 0.4) is 0 Å². The van der Waals surface area contributed by atoms with Gasteiger partial charge >= 0.3 is 6.03 Å². The molecule has 0 atom stereocenters. The van der Waals surface area contributed by atoms with Crippen LogP contribution < -0.4 is 15.5 Å². The number of rotatable bonds is 3. The Hall–Kier alpha value is -2.54. The van der Waals surface area contributed by atoms with Crippen molar-refractivity contribution in [2.75, 3.05) is 48.8 Å². The van der Waals surface area contributed by atoms with E-state index in [9.17, 15) is 4.79 Å². The second-order valence-corrected chi connectivity index (χ2v) is 5.29. The van der Waals surface area contributed by atoms with Gasteiger partial charge in [-0.15, -0.1) is 0 Å². The largest absolute Gasteiger partial charge is 0.369 e. The van der Waals surface area contributed by atoms with E-state index in [4.69, 9.17) is 4.52 Å². The number of piperazine rings is 1. The van der Waals surface area contributed by atoms with Crippen LogP contribution in [0.15, 0.2) is 41.1 Å². The highest BCUT2D eigenvalue weighted by Gasteiger charge is 2.14. The molecule has 0 saturated carbocycles. The van der Waals surface area contributed by atoms with Crippen LogP contribution in [0.2, 0.25) is 0 Å². The van der Waals surface area contributed by atoms with Crippen LogP contribution in [-0.2, 0) is 0 Å². The summed E-state index contributed by atoms with van der Waals surface area (Å²) in [4.78, 5) is 16.4. The van der Waals surface area contributed by atoms with Gasteiger partial charge in [-0.3, -0.25) is 5.32 Å². The predicted molar refractivity (Wildman–Crippen MR) is 85.3 cm³/mol. The maximum atomic E-state index is 11.8. The molecule has 1 aliphatic heterocycles. The third-order valence-corrected chi connectivity index (χ3v) is 3.67. The summed E-state index contributed by atoms with van der Waals surface area (Å²) in [5.74, 6) is 0.312. The molecule has 2 N–H and O–H groups in total. The lowest BCUT2D eigenvalue weighted by Crippen LogP contribution is -2.44. The van der Waals surface area contributed by atoms with E-state index in [0.29, 0.717) is 5.88 Å². The third-order valence-electron chi connectivity index (χ3n) is 3.67. The Morgan fingerprint density at radius 3 is 2.45 bits per heavy atom. The first-order valence-corrected chi connectivity index (χ1v) is 7.23. The molecule has 1 fully saturated rings. The second kappa shape index (κ2) is 6.48. The maximum absolute atomic E-state index is 11.8. The highest BCUT2D eigenvalue weighted by Crippen LogP contribution is 2.19. The lowest BCUT2D eigenvalue weighted by molar-refractivity contribution is 0.261. The standard InChI is InChI=1S/C15H19N5O2/c1-19-8-10-20(11-9-19)13-4-2-12(3-5-13)17-15(21)18-14-6-7-16-22-14/h2-7H,8-11H2,1H3,(H2,17,18,21). The van der Waals surface area contributed by atoms with Crippen LogP contribution in [-0.4, -0.2) is 49.3 Å². The molecule has 0 bridgehead atoms. The molecule has 116 valence electrons. The first-order chi connectivity index (χ1) is 10.7. The van der Waals surface area contributed by atoms with Crippen LogP contribution >= 0.6 is 0 Å². The third kappa shape index (κ3) is 3.56. The molecule has 3 rings (SSSR count). The molecule has 2 amide bonds. The average molecular weight is 301 g/mol. The molecule has 1 aromatic carbocycles. The number of hydrogen-bond acceptors (Lipinski definition) is 5. The number of carbonyl (C=O) groups excluding carboxylic acids is 1. The number of aromatic nitrogens is 1. The number of nitrogens with zero attached hydrogens (tertiary/aromatic N) is 3. The molecule has 0 spiro atoms. The Labute approximate surface area is 128 Å². The summed E-state index contributed by atoms with van der Waals surface area (Å²) in [6.45, 7) is 4.18. The van der Waals surface area contributed by atoms with Crippen molar-refractivity contribution in [3.8, 4) is 0 Å². The summed E-state index contributed by atoms with van der Waals surface area (Å²) in [6.07, 6.45) is 1.47. The Morgan fingerprint density at radius 2 is 1.82 bits per heavy atom. The zero-order valence-corrected chi connectivity index (χ0v) is 12.5. The average Bonchev–Trinajstić information content (AvgIpc) is 3.02. The highest BCUT2D eigenvalue weighted by molar-refractivity contribution is 5.98. The zero-order chi connectivity index (χ0) is 15.4. The molecular weight excluding hydrogens is 282 g/mol. The highest BCUT2D eigenvalue weighted by atomic mass is 16.5. The number of anilines is 3. The Kier molecular flexibility index (Phi) is 4.24. The van der Waals surface area contributed by atoms with E-state index < -0.39 is 0 Å². The molecule has 0 radical (unpaired) electrons. The summed E-state index contributed by atoms with van der Waals surface area (Å²) in [7, 11) is 2.14. The van der Waals surface area contributed by atoms with E-state index in [1.54, 1.807) is 6.07 Å². The summed E-state index contributed by atoms with van der Waals surface area (Å²) in [5, 5.41) is 8.84. The minimum absolute atomic E-state index is 0.312. The van der Waals surface area contributed by atoms with Gasteiger partial charge in [0.2, 0.25) is 5.88 Å². The quantitative estimate of drug-likeness (QED) is 0.908. The molecule has 7 nitrogen and oxygen atoms in total. The van der Waals surface area contributed by atoms with E-state index in [1.807, 2.05) is 24.3 Å². The Balaban J connectivity index is 1.56. The normalized spacial score (nSPS) is 15.6. The molecule has 2 heterocycles. The topological polar surface area (TPSA) is 73.6 Å². The van der Waals surface area contributed by atoms with E-state index in [2.05, 4.69) is 32.6 Å². The van der Waals surface area contributed by atoms with Gasteiger partial charge in [0.1, 0.15) is 0 Å². The van der Waals surface area contributed by atoms with Crippen LogP contribution in [0.5, 0.6) is 0 Å². The van der Waals surface area contributed by atoms with Gasteiger partial charge in [-0.2, -0.15) is 0 Å². The SMILES string of the molecule is CN1CCN(c2ccc(NC(=O)Nc3ccno3)cc2)CC1. The van der Waals surface area contributed by atoms with Crippen LogP contribution in [0.4, 0.5) is 22.1 Å². The van der Waals surface area contributed by atoms with E-state index in [0.717, 1.165) is 31.9 Å². The first kappa shape index (κ1) is 14.4. The fourth-order valence-corrected chi connectivity index (χ4v) is 2.37. The summed E-state index contributed by atoms with van der Waals surface area (Å²) in [6, 6.07) is 9.06. The van der Waals surface area contributed by atoms with Gasteiger partial charge in [-0.05, 0) is 31.3 Å². The van der Waals surface area contributed by atoms with Crippen molar-refractivity contribution in [1.29, 1.82) is 0 Å². The van der Waals surface area contributed by atoms with Crippen molar-refractivity contribution in [1.82, 2.24) is 10.1 Å². The molecule has 1 aliphatic rings. The number of likely N-dealkylation sites (N-methyl/N-ethyl adjacent to an activating group) is 1. The van der Waals surface area contributed by atoms with Crippen molar-refractivity contribution in [3.63, 3.8) is 0 Å². The smallest absolute Gasteiger partial charge is 0.326 e. The zero-order valence-electron chi connectivity index (χ0n) is 12.5. The molecule has 0 unspecified atom stereocenters. The fourth-order valence-electron chi connectivity index (χ4n) is 2.37. The lowest BCUT2D eigenvalue weighted by atomic mass is 10.2. The molecule has 0 aliphatic carbocycles. The van der Waals surface area contributed by atoms with E-state index >= 15 is 0 Å². The number of benzene rings is 1. The monoisotopic (exact) mass is 301 g/mol. The van der Waals surface area contributed by atoms with Gasteiger partial charge in [0.05, 0.1) is 6.20 Å². The van der Waals surface area contributed by atoms with Crippen molar-refractivity contribution in [2.45, 2.75) is 0 Å². The molecule has 22 heavy (non-hydrogen) atoms. The predicted octanol–water partition coefficient (Wildman–Crippen LogP) is 2.07. The summed E-state index contributed by atoms with van der Waals surface area (Å²) >= 11 is 0. The minimum Gasteiger partial charge on any atom is -0.369 e. The molecule has 1 aromatic heterocycles. The van der Waals surface area contributed by atoms with Gasteiger partial charge in [0.25, 0.3) is 0 Å². The van der Waals surface area contributed by atoms with Crippen molar-refractivity contribution >= 4 is 23.3 Å². The van der Waals surface area contributed by atoms with Crippen molar-refractivity contribution in [2.24, 2.45) is 0 Å². The summed E-state index contributed by atoms with van der Waals surface area (Å²) < 4.78 is 4.82. The van der Waals surface area contributed by atoms with E-state index in [-0.39, 0.29) is 6.03 Å². The molecule has 1 saturated heterocycles. The number of hydrogen-bond donors (Lipinski definition) is 2. The molecular formula is C15H19N5O2. The van der Waals surface area contributed by atoms with Gasteiger partial charge in [0.15, 0.2) is 0 Å². The van der Waals surface area contributed by atoms with Crippen LogP contribution in [0.1, 0.15) is 0 Å². The second-order valence-electron chi connectivity index (χ2n) is 5.29. The number of nitrogens with one attached hydrogen (secondary N) is 2. The van der Waals surface area contributed by atoms with Crippen molar-refractivity contribution < 1.29 is 9.32 Å². The number of carbonyl (C=O) groups is 1. The number of urea groups is 1. The minimum atomic E-state index is -0.357. The fraction of sp³-hybridized carbons (Fsp3) is 0.333. The maximum Gasteiger partial charge on any atom is 0.326 e. The lowest BCUT2D eigenvalue weighted by Gasteiger charge is -2.34. The van der Waals surface area contributed by atoms with Gasteiger partial charge in [0, 0.05) is 43.6 Å². The van der Waals surface area contributed by atoms with Gasteiger partial charge < -0.3 is 19.6 Å². The van der Waals surface area contributed by atoms with Crippen LogP contribution in [0.25, 0.3) is 0 Å². The van der Waals surface area contributed by atoms with E-state index in [1.165, 1.54) is 11.9 Å². The van der Waals surface area contributed by atoms with Gasteiger partial charge in [-0.1, -0.05) is 5.16 Å². The van der Waals surface area contributed by atoms with Gasteiger partial charge in [-0.25, -0.2) is 4.79 Å².